The molecule has 1 aromatic heterocycles. The summed E-state index contributed by atoms with van der Waals surface area (Å²) in [7, 11) is -3.51. The van der Waals surface area contributed by atoms with E-state index in [9.17, 15) is 17.6 Å². The van der Waals surface area contributed by atoms with Gasteiger partial charge in [-0.1, -0.05) is 0 Å². The number of ether oxygens (including phenoxy) is 1. The van der Waals surface area contributed by atoms with Gasteiger partial charge in [-0.15, -0.1) is 0 Å². The molecule has 0 saturated carbocycles. The molecule has 1 aliphatic carbocycles. The van der Waals surface area contributed by atoms with Crippen LogP contribution < -0.4 is 10.1 Å². The van der Waals surface area contributed by atoms with Crippen molar-refractivity contribution >= 4 is 32.4 Å². The molecule has 0 radical (unpaired) electrons. The SMILES string of the molecule is CS(=O)(=O)c1ccc(F)c(NC(=O)COc2ccc3oc4c(c3c2)CCCC4)c1. The summed E-state index contributed by atoms with van der Waals surface area (Å²) in [6.45, 7) is -0.339. The van der Waals surface area contributed by atoms with Crippen molar-refractivity contribution in [3.05, 3.63) is 53.5 Å². The van der Waals surface area contributed by atoms with Gasteiger partial charge >= 0.3 is 0 Å². The summed E-state index contributed by atoms with van der Waals surface area (Å²) in [4.78, 5) is 12.1. The molecule has 0 fully saturated rings. The second-order valence-corrected chi connectivity index (χ2v) is 9.14. The van der Waals surface area contributed by atoms with E-state index in [2.05, 4.69) is 5.32 Å². The quantitative estimate of drug-likeness (QED) is 0.637. The first-order valence-electron chi connectivity index (χ1n) is 9.28. The number of anilines is 1. The van der Waals surface area contributed by atoms with E-state index in [4.69, 9.17) is 9.15 Å². The minimum Gasteiger partial charge on any atom is -0.484 e. The summed E-state index contributed by atoms with van der Waals surface area (Å²) in [6, 6.07) is 8.62. The molecule has 0 bridgehead atoms. The molecule has 8 heteroatoms. The standard InChI is InChI=1S/C21H20FNO5S/c1-29(25,26)14-7-8-17(22)18(11-14)23-21(24)12-27-13-6-9-20-16(10-13)15-4-2-3-5-19(15)28-20/h6-11H,2-5,12H2,1H3,(H,23,24). The van der Waals surface area contributed by atoms with Crippen molar-refractivity contribution in [3.63, 3.8) is 0 Å². The molecule has 0 unspecified atom stereocenters. The highest BCUT2D eigenvalue weighted by Crippen LogP contribution is 2.34. The largest absolute Gasteiger partial charge is 0.484 e. The van der Waals surface area contributed by atoms with E-state index in [0.29, 0.717) is 5.75 Å². The van der Waals surface area contributed by atoms with Crippen LogP contribution in [0.15, 0.2) is 45.7 Å². The maximum absolute atomic E-state index is 13.9. The fourth-order valence-electron chi connectivity index (χ4n) is 3.50. The lowest BCUT2D eigenvalue weighted by Crippen LogP contribution is -2.21. The third-order valence-electron chi connectivity index (χ3n) is 4.94. The van der Waals surface area contributed by atoms with Crippen molar-refractivity contribution in [1.29, 1.82) is 0 Å². The van der Waals surface area contributed by atoms with E-state index < -0.39 is 21.6 Å². The minimum absolute atomic E-state index is 0.0784. The van der Waals surface area contributed by atoms with Crippen molar-refractivity contribution in [2.45, 2.75) is 30.6 Å². The van der Waals surface area contributed by atoms with E-state index >= 15 is 0 Å². The number of rotatable bonds is 5. The molecule has 0 aliphatic heterocycles. The van der Waals surface area contributed by atoms with Gasteiger partial charge in [0.1, 0.15) is 22.9 Å². The molecule has 6 nitrogen and oxygen atoms in total. The fraction of sp³-hybridized carbons (Fsp3) is 0.286. The van der Waals surface area contributed by atoms with Crippen LogP contribution >= 0.6 is 0 Å². The average molecular weight is 417 g/mol. The molecule has 1 heterocycles. The molecular formula is C21H20FNO5S. The van der Waals surface area contributed by atoms with Gasteiger partial charge in [-0.25, -0.2) is 12.8 Å². The maximum atomic E-state index is 13.9. The van der Waals surface area contributed by atoms with Crippen LogP contribution in [0.2, 0.25) is 0 Å². The van der Waals surface area contributed by atoms with Crippen molar-refractivity contribution in [3.8, 4) is 5.75 Å². The third kappa shape index (κ3) is 4.12. The van der Waals surface area contributed by atoms with Crippen LogP contribution in [0.3, 0.4) is 0 Å². The van der Waals surface area contributed by atoms with Gasteiger partial charge in [-0.05, 0) is 55.7 Å². The number of hydrogen-bond donors (Lipinski definition) is 1. The predicted octanol–water partition coefficient (Wildman–Crippen LogP) is 3.87. The number of halogens is 1. The summed E-state index contributed by atoms with van der Waals surface area (Å²) < 4.78 is 48.6. The lowest BCUT2D eigenvalue weighted by molar-refractivity contribution is -0.118. The van der Waals surface area contributed by atoms with Crippen molar-refractivity contribution < 1.29 is 26.8 Å². The van der Waals surface area contributed by atoms with Crippen molar-refractivity contribution in [2.24, 2.45) is 0 Å². The van der Waals surface area contributed by atoms with E-state index in [1.807, 2.05) is 12.1 Å². The second kappa shape index (κ2) is 7.51. The maximum Gasteiger partial charge on any atom is 0.262 e. The first-order chi connectivity index (χ1) is 13.8. The third-order valence-corrected chi connectivity index (χ3v) is 6.05. The highest BCUT2D eigenvalue weighted by atomic mass is 32.2. The normalized spacial score (nSPS) is 13.9. The van der Waals surface area contributed by atoms with E-state index in [-0.39, 0.29) is 17.2 Å². The van der Waals surface area contributed by atoms with Gasteiger partial charge in [0.15, 0.2) is 16.4 Å². The molecule has 0 atom stereocenters. The highest BCUT2D eigenvalue weighted by molar-refractivity contribution is 7.90. The first-order valence-corrected chi connectivity index (χ1v) is 11.2. The Morgan fingerprint density at radius 2 is 1.97 bits per heavy atom. The molecule has 29 heavy (non-hydrogen) atoms. The molecule has 1 amide bonds. The molecule has 0 saturated heterocycles. The molecule has 0 spiro atoms. The number of fused-ring (bicyclic) bond motifs is 3. The van der Waals surface area contributed by atoms with Gasteiger partial charge in [-0.2, -0.15) is 0 Å². The van der Waals surface area contributed by atoms with Crippen LogP contribution in [0.25, 0.3) is 11.0 Å². The number of carbonyl (C=O) groups excluding carboxylic acids is 1. The Balaban J connectivity index is 1.46. The zero-order valence-electron chi connectivity index (χ0n) is 15.8. The zero-order valence-corrected chi connectivity index (χ0v) is 16.6. The Kier molecular flexibility index (Phi) is 5.04. The Bertz CT molecular complexity index is 1200. The summed E-state index contributed by atoms with van der Waals surface area (Å²) in [5, 5.41) is 3.34. The van der Waals surface area contributed by atoms with Gasteiger partial charge in [0.05, 0.1) is 10.6 Å². The Morgan fingerprint density at radius 3 is 2.76 bits per heavy atom. The number of nitrogens with one attached hydrogen (secondary N) is 1. The Labute approximate surface area is 167 Å². The predicted molar refractivity (Wildman–Crippen MR) is 106 cm³/mol. The van der Waals surface area contributed by atoms with Crippen molar-refractivity contribution in [2.75, 3.05) is 18.2 Å². The first kappa shape index (κ1) is 19.4. The number of hydrogen-bond acceptors (Lipinski definition) is 5. The Hall–Kier alpha value is -2.87. The van der Waals surface area contributed by atoms with Gasteiger partial charge in [0.25, 0.3) is 5.91 Å². The monoisotopic (exact) mass is 417 g/mol. The topological polar surface area (TPSA) is 85.6 Å². The zero-order chi connectivity index (χ0) is 20.6. The highest BCUT2D eigenvalue weighted by Gasteiger charge is 2.18. The number of furan rings is 1. The number of amides is 1. The van der Waals surface area contributed by atoms with Crippen LogP contribution in [0, 0.1) is 5.82 Å². The second-order valence-electron chi connectivity index (χ2n) is 7.12. The minimum atomic E-state index is -3.51. The molecular weight excluding hydrogens is 397 g/mol. The molecule has 2 aromatic carbocycles. The molecule has 1 aliphatic rings. The number of aryl methyl sites for hydroxylation is 2. The van der Waals surface area contributed by atoms with Gasteiger partial charge in [0.2, 0.25) is 0 Å². The number of sulfone groups is 1. The van der Waals surface area contributed by atoms with Gasteiger partial charge < -0.3 is 14.5 Å². The van der Waals surface area contributed by atoms with Crippen molar-refractivity contribution in [1.82, 2.24) is 0 Å². The summed E-state index contributed by atoms with van der Waals surface area (Å²) in [5.41, 5.74) is 1.79. The fourth-order valence-corrected chi connectivity index (χ4v) is 4.14. The molecule has 1 N–H and O–H groups in total. The van der Waals surface area contributed by atoms with E-state index in [1.54, 1.807) is 6.07 Å². The van der Waals surface area contributed by atoms with Crippen LogP contribution in [0.1, 0.15) is 24.2 Å². The summed E-state index contributed by atoms with van der Waals surface area (Å²) in [6.07, 6.45) is 5.14. The van der Waals surface area contributed by atoms with Gasteiger partial charge in [-0.3, -0.25) is 4.79 Å². The summed E-state index contributed by atoms with van der Waals surface area (Å²) >= 11 is 0. The number of carbonyl (C=O) groups is 1. The van der Waals surface area contributed by atoms with Gasteiger partial charge in [0, 0.05) is 23.6 Å². The molecule has 4 rings (SSSR count). The lowest BCUT2D eigenvalue weighted by Gasteiger charge is -2.10. The van der Waals surface area contributed by atoms with E-state index in [1.165, 1.54) is 5.56 Å². The molecule has 3 aromatic rings. The average Bonchev–Trinajstić information content (AvgIpc) is 3.05. The summed E-state index contributed by atoms with van der Waals surface area (Å²) in [5.74, 6) is 0.204. The smallest absolute Gasteiger partial charge is 0.262 e. The molecule has 152 valence electrons. The van der Waals surface area contributed by atoms with Crippen LogP contribution in [-0.4, -0.2) is 27.2 Å². The van der Waals surface area contributed by atoms with E-state index in [0.717, 1.165) is 66.9 Å². The Morgan fingerprint density at radius 1 is 1.17 bits per heavy atom. The van der Waals surface area contributed by atoms with Crippen LogP contribution in [-0.2, 0) is 27.5 Å². The van der Waals surface area contributed by atoms with Crippen LogP contribution in [0.5, 0.6) is 5.75 Å². The lowest BCUT2D eigenvalue weighted by atomic mass is 9.96. The van der Waals surface area contributed by atoms with Crippen LogP contribution in [0.4, 0.5) is 10.1 Å². The number of benzene rings is 2.